The molecule has 0 amide bonds. The molecule has 1 aromatic heterocycles. The van der Waals surface area contributed by atoms with Crippen LogP contribution in [0.4, 0.5) is 5.69 Å². The van der Waals surface area contributed by atoms with Crippen molar-refractivity contribution in [3.63, 3.8) is 0 Å². The molecule has 0 fully saturated rings. The maximum atomic E-state index is 12.7. The smallest absolute Gasteiger partial charge is 0.263 e. The lowest BCUT2D eigenvalue weighted by Gasteiger charge is -2.11. The Hall–Kier alpha value is -2.38. The standard InChI is InChI=1S/C18H17ClN4O2S/c1-12-7-8-16(15(19)10-12)26(24,25)22-14-5-2-4-13(11-14)18-21-20-17-6-3-9-23(17)18/h2,4-5,7-8,10-11,22H,3,6,9H2,1H3. The summed E-state index contributed by atoms with van der Waals surface area (Å²) in [5, 5.41) is 8.64. The summed E-state index contributed by atoms with van der Waals surface area (Å²) in [6, 6.07) is 12.0. The number of hydrogen-bond donors (Lipinski definition) is 1. The molecule has 1 aliphatic rings. The number of sulfonamides is 1. The number of benzene rings is 2. The minimum absolute atomic E-state index is 0.0542. The van der Waals surface area contributed by atoms with E-state index in [-0.39, 0.29) is 9.92 Å². The lowest BCUT2D eigenvalue weighted by Crippen LogP contribution is -2.13. The van der Waals surface area contributed by atoms with Crippen molar-refractivity contribution in [1.82, 2.24) is 14.8 Å². The van der Waals surface area contributed by atoms with Crippen LogP contribution in [0.1, 0.15) is 17.8 Å². The van der Waals surface area contributed by atoms with E-state index in [1.54, 1.807) is 30.3 Å². The molecule has 0 spiro atoms. The fourth-order valence-corrected chi connectivity index (χ4v) is 4.77. The number of halogens is 1. The van der Waals surface area contributed by atoms with Crippen LogP contribution in [-0.2, 0) is 23.0 Å². The van der Waals surface area contributed by atoms with E-state index >= 15 is 0 Å². The summed E-state index contributed by atoms with van der Waals surface area (Å²) in [4.78, 5) is 0.0542. The van der Waals surface area contributed by atoms with Crippen molar-refractivity contribution in [2.45, 2.75) is 31.2 Å². The van der Waals surface area contributed by atoms with E-state index in [1.165, 1.54) is 6.07 Å². The first kappa shape index (κ1) is 17.1. The van der Waals surface area contributed by atoms with Gasteiger partial charge in [-0.1, -0.05) is 29.8 Å². The predicted molar refractivity (Wildman–Crippen MR) is 101 cm³/mol. The molecule has 0 aliphatic carbocycles. The van der Waals surface area contributed by atoms with Gasteiger partial charge in [0.2, 0.25) is 0 Å². The van der Waals surface area contributed by atoms with Gasteiger partial charge in [-0.3, -0.25) is 4.72 Å². The van der Waals surface area contributed by atoms with Gasteiger partial charge in [0.05, 0.1) is 5.02 Å². The van der Waals surface area contributed by atoms with Gasteiger partial charge in [0, 0.05) is 24.2 Å². The number of hydrogen-bond acceptors (Lipinski definition) is 4. The number of nitrogens with one attached hydrogen (secondary N) is 1. The second kappa shape index (κ2) is 6.41. The third kappa shape index (κ3) is 3.08. The van der Waals surface area contributed by atoms with E-state index in [9.17, 15) is 8.42 Å². The van der Waals surface area contributed by atoms with Crippen molar-refractivity contribution in [2.24, 2.45) is 0 Å². The third-order valence-corrected chi connectivity index (χ3v) is 6.22. The summed E-state index contributed by atoms with van der Waals surface area (Å²) in [6.45, 7) is 2.74. The summed E-state index contributed by atoms with van der Waals surface area (Å²) >= 11 is 6.12. The van der Waals surface area contributed by atoms with Crippen molar-refractivity contribution in [3.05, 3.63) is 58.9 Å². The predicted octanol–water partition coefficient (Wildman–Crippen LogP) is 3.65. The van der Waals surface area contributed by atoms with Gasteiger partial charge in [0.25, 0.3) is 10.0 Å². The van der Waals surface area contributed by atoms with Crippen LogP contribution in [0.15, 0.2) is 47.4 Å². The Morgan fingerprint density at radius 1 is 1.15 bits per heavy atom. The van der Waals surface area contributed by atoms with Gasteiger partial charge in [-0.05, 0) is 43.2 Å². The summed E-state index contributed by atoms with van der Waals surface area (Å²) < 4.78 is 30.0. The molecule has 0 radical (unpaired) electrons. The molecule has 2 heterocycles. The van der Waals surface area contributed by atoms with E-state index in [0.717, 1.165) is 42.2 Å². The number of anilines is 1. The first-order valence-electron chi connectivity index (χ1n) is 8.25. The van der Waals surface area contributed by atoms with E-state index < -0.39 is 10.0 Å². The zero-order valence-electron chi connectivity index (χ0n) is 14.1. The average molecular weight is 389 g/mol. The number of aryl methyl sites for hydroxylation is 2. The molecule has 4 rings (SSSR count). The molecule has 0 bridgehead atoms. The molecule has 0 saturated heterocycles. The van der Waals surface area contributed by atoms with E-state index in [0.29, 0.717) is 5.69 Å². The molecule has 3 aromatic rings. The van der Waals surface area contributed by atoms with Crippen molar-refractivity contribution >= 4 is 27.3 Å². The van der Waals surface area contributed by atoms with E-state index in [2.05, 4.69) is 19.5 Å². The first-order valence-corrected chi connectivity index (χ1v) is 10.1. The molecule has 6 nitrogen and oxygen atoms in total. The molecule has 0 unspecified atom stereocenters. The number of aromatic nitrogens is 3. The van der Waals surface area contributed by atoms with Gasteiger partial charge in [-0.15, -0.1) is 10.2 Å². The van der Waals surface area contributed by atoms with Crippen molar-refractivity contribution < 1.29 is 8.42 Å². The number of fused-ring (bicyclic) bond motifs is 1. The zero-order chi connectivity index (χ0) is 18.3. The van der Waals surface area contributed by atoms with Crippen LogP contribution >= 0.6 is 11.6 Å². The molecule has 2 aromatic carbocycles. The highest BCUT2D eigenvalue weighted by atomic mass is 35.5. The van der Waals surface area contributed by atoms with E-state index in [4.69, 9.17) is 11.6 Å². The molecule has 26 heavy (non-hydrogen) atoms. The summed E-state index contributed by atoms with van der Waals surface area (Å²) in [6.07, 6.45) is 1.97. The monoisotopic (exact) mass is 388 g/mol. The Morgan fingerprint density at radius 2 is 2.00 bits per heavy atom. The molecular formula is C18H17ClN4O2S. The Labute approximate surface area is 156 Å². The normalized spacial score (nSPS) is 13.6. The number of rotatable bonds is 4. The Kier molecular flexibility index (Phi) is 4.20. The highest BCUT2D eigenvalue weighted by Crippen LogP contribution is 2.28. The SMILES string of the molecule is Cc1ccc(S(=O)(=O)Nc2cccc(-c3nnc4n3CCC4)c2)c(Cl)c1. The van der Waals surface area contributed by atoms with Gasteiger partial charge >= 0.3 is 0 Å². The topological polar surface area (TPSA) is 76.9 Å². The summed E-state index contributed by atoms with van der Waals surface area (Å²) in [5.41, 5.74) is 2.17. The van der Waals surface area contributed by atoms with Crippen molar-refractivity contribution in [1.29, 1.82) is 0 Å². The lowest BCUT2D eigenvalue weighted by atomic mass is 10.2. The van der Waals surface area contributed by atoms with Crippen molar-refractivity contribution in [2.75, 3.05) is 4.72 Å². The average Bonchev–Trinajstić information content (AvgIpc) is 3.17. The second-order valence-corrected chi connectivity index (χ2v) is 8.37. The summed E-state index contributed by atoms with van der Waals surface area (Å²) in [5.74, 6) is 1.73. The van der Waals surface area contributed by atoms with Crippen LogP contribution in [0.3, 0.4) is 0 Å². The largest absolute Gasteiger partial charge is 0.311 e. The molecule has 1 N–H and O–H groups in total. The van der Waals surface area contributed by atoms with Gasteiger partial charge in [-0.2, -0.15) is 0 Å². The summed E-state index contributed by atoms with van der Waals surface area (Å²) in [7, 11) is -3.78. The van der Waals surface area contributed by atoms with Crippen LogP contribution < -0.4 is 4.72 Å². The minimum Gasteiger partial charge on any atom is -0.311 e. The van der Waals surface area contributed by atoms with E-state index in [1.807, 2.05) is 13.0 Å². The number of nitrogens with zero attached hydrogens (tertiary/aromatic N) is 3. The fraction of sp³-hybridized carbons (Fsp3) is 0.222. The Bertz CT molecular complexity index is 1090. The van der Waals surface area contributed by atoms with Crippen LogP contribution in [0, 0.1) is 6.92 Å². The van der Waals surface area contributed by atoms with Crippen LogP contribution in [-0.4, -0.2) is 23.2 Å². The van der Waals surface area contributed by atoms with Crippen LogP contribution in [0.2, 0.25) is 5.02 Å². The minimum atomic E-state index is -3.78. The van der Waals surface area contributed by atoms with Gasteiger partial charge < -0.3 is 4.57 Å². The highest BCUT2D eigenvalue weighted by Gasteiger charge is 2.20. The molecule has 0 atom stereocenters. The molecule has 0 saturated carbocycles. The van der Waals surface area contributed by atoms with Crippen LogP contribution in [0.5, 0.6) is 0 Å². The first-order chi connectivity index (χ1) is 12.4. The van der Waals surface area contributed by atoms with Crippen LogP contribution in [0.25, 0.3) is 11.4 Å². The molecule has 8 heteroatoms. The molecule has 134 valence electrons. The molecular weight excluding hydrogens is 372 g/mol. The Balaban J connectivity index is 1.67. The van der Waals surface area contributed by atoms with Gasteiger partial charge in [0.1, 0.15) is 10.7 Å². The molecule has 1 aliphatic heterocycles. The third-order valence-electron chi connectivity index (χ3n) is 4.36. The van der Waals surface area contributed by atoms with Gasteiger partial charge in [-0.25, -0.2) is 8.42 Å². The highest BCUT2D eigenvalue weighted by molar-refractivity contribution is 7.92. The maximum absolute atomic E-state index is 12.7. The maximum Gasteiger partial charge on any atom is 0.263 e. The Morgan fingerprint density at radius 3 is 2.81 bits per heavy atom. The second-order valence-electron chi connectivity index (χ2n) is 6.32. The van der Waals surface area contributed by atoms with Gasteiger partial charge in [0.15, 0.2) is 5.82 Å². The fourth-order valence-electron chi connectivity index (χ4n) is 3.12. The van der Waals surface area contributed by atoms with Crippen molar-refractivity contribution in [3.8, 4) is 11.4 Å². The lowest BCUT2D eigenvalue weighted by molar-refractivity contribution is 0.601. The zero-order valence-corrected chi connectivity index (χ0v) is 15.7. The quantitative estimate of drug-likeness (QED) is 0.740.